The summed E-state index contributed by atoms with van der Waals surface area (Å²) < 4.78 is 0. The first-order valence-corrected chi connectivity index (χ1v) is 6.64. The van der Waals surface area contributed by atoms with E-state index in [-0.39, 0.29) is 6.10 Å². The predicted octanol–water partition coefficient (Wildman–Crippen LogP) is 3.45. The van der Waals surface area contributed by atoms with Crippen LogP contribution in [0.15, 0.2) is 37.0 Å². The van der Waals surface area contributed by atoms with Gasteiger partial charge in [0.1, 0.15) is 0 Å². The van der Waals surface area contributed by atoms with Gasteiger partial charge in [-0.25, -0.2) is 0 Å². The van der Waals surface area contributed by atoms with E-state index in [1.807, 2.05) is 38.2 Å². The summed E-state index contributed by atoms with van der Waals surface area (Å²) in [6.45, 7) is 11.4. The van der Waals surface area contributed by atoms with Gasteiger partial charge in [0.25, 0.3) is 0 Å². The van der Waals surface area contributed by atoms with Crippen LogP contribution < -0.4 is 5.32 Å². The third kappa shape index (κ3) is 17.7. The Morgan fingerprint density at radius 1 is 1.24 bits per heavy atom. The molecule has 2 N–H and O–H groups in total. The van der Waals surface area contributed by atoms with Crippen LogP contribution in [-0.4, -0.2) is 24.3 Å². The van der Waals surface area contributed by atoms with Gasteiger partial charge in [-0.1, -0.05) is 64.2 Å². The third-order valence-electron chi connectivity index (χ3n) is 1.99. The normalized spacial score (nSPS) is 12.5. The second-order valence-corrected chi connectivity index (χ2v) is 3.50. The van der Waals surface area contributed by atoms with Crippen LogP contribution in [0.5, 0.6) is 0 Å². The Kier molecular flexibility index (Phi) is 19.1. The molecule has 0 aromatic heterocycles. The van der Waals surface area contributed by atoms with Crippen molar-refractivity contribution in [3.63, 3.8) is 0 Å². The van der Waals surface area contributed by atoms with Crippen LogP contribution in [0.3, 0.4) is 0 Å². The third-order valence-corrected chi connectivity index (χ3v) is 1.99. The van der Waals surface area contributed by atoms with Crippen LogP contribution in [0.2, 0.25) is 0 Å². The zero-order chi connectivity index (χ0) is 13.4. The number of hydrogen-bond donors (Lipinski definition) is 2. The van der Waals surface area contributed by atoms with E-state index in [0.717, 1.165) is 6.54 Å². The molecule has 17 heavy (non-hydrogen) atoms. The highest BCUT2D eigenvalue weighted by atomic mass is 16.3. The zero-order valence-electron chi connectivity index (χ0n) is 11.7. The number of rotatable bonds is 9. The largest absolute Gasteiger partial charge is 0.391 e. The topological polar surface area (TPSA) is 32.3 Å². The molecule has 1 unspecified atom stereocenters. The molecule has 0 radical (unpaired) electrons. The molecule has 0 heterocycles. The van der Waals surface area contributed by atoms with Crippen LogP contribution in [0.4, 0.5) is 0 Å². The molecule has 0 aliphatic rings. The summed E-state index contributed by atoms with van der Waals surface area (Å²) in [5.74, 6) is 0. The van der Waals surface area contributed by atoms with Gasteiger partial charge >= 0.3 is 0 Å². The van der Waals surface area contributed by atoms with Crippen molar-refractivity contribution >= 4 is 0 Å². The molecule has 0 saturated carbocycles. The van der Waals surface area contributed by atoms with Crippen molar-refractivity contribution in [1.29, 1.82) is 0 Å². The summed E-state index contributed by atoms with van der Waals surface area (Å²) in [4.78, 5) is 0. The maximum atomic E-state index is 9.55. The fourth-order valence-electron chi connectivity index (χ4n) is 1.11. The highest BCUT2D eigenvalue weighted by Gasteiger charge is 1.99. The lowest BCUT2D eigenvalue weighted by atomic mass is 10.2. The van der Waals surface area contributed by atoms with Crippen molar-refractivity contribution < 1.29 is 5.11 Å². The lowest BCUT2D eigenvalue weighted by molar-refractivity contribution is 0.175. The first-order chi connectivity index (χ1) is 8.31. The fourth-order valence-corrected chi connectivity index (χ4v) is 1.11. The fraction of sp³-hybridized carbons (Fsp3) is 0.600. The SMILES string of the molecule is C=C/C=C\C=C/CC(O)CNCCCC.CC. The molecular formula is C15H29NO. The maximum absolute atomic E-state index is 9.55. The first-order valence-electron chi connectivity index (χ1n) is 6.64. The van der Waals surface area contributed by atoms with E-state index in [0.29, 0.717) is 13.0 Å². The monoisotopic (exact) mass is 239 g/mol. The second kappa shape index (κ2) is 17.5. The Labute approximate surface area is 107 Å². The van der Waals surface area contributed by atoms with E-state index in [1.54, 1.807) is 6.08 Å². The molecule has 0 aliphatic heterocycles. The van der Waals surface area contributed by atoms with E-state index in [2.05, 4.69) is 18.8 Å². The van der Waals surface area contributed by atoms with E-state index in [9.17, 15) is 5.11 Å². The Bertz CT molecular complexity index is 197. The molecule has 0 saturated heterocycles. The Morgan fingerprint density at radius 3 is 2.53 bits per heavy atom. The van der Waals surface area contributed by atoms with Gasteiger partial charge in [0.15, 0.2) is 0 Å². The Hall–Kier alpha value is -0.860. The minimum Gasteiger partial charge on any atom is -0.391 e. The number of unbranched alkanes of at least 4 members (excludes halogenated alkanes) is 1. The van der Waals surface area contributed by atoms with E-state index >= 15 is 0 Å². The molecule has 0 bridgehead atoms. The molecule has 2 nitrogen and oxygen atoms in total. The van der Waals surface area contributed by atoms with E-state index < -0.39 is 0 Å². The molecule has 2 heteroatoms. The van der Waals surface area contributed by atoms with Crippen LogP contribution in [0.1, 0.15) is 40.0 Å². The molecule has 0 fully saturated rings. The van der Waals surface area contributed by atoms with Crippen LogP contribution in [0.25, 0.3) is 0 Å². The maximum Gasteiger partial charge on any atom is 0.0699 e. The van der Waals surface area contributed by atoms with Crippen molar-refractivity contribution in [3.8, 4) is 0 Å². The number of nitrogens with one attached hydrogen (secondary N) is 1. The second-order valence-electron chi connectivity index (χ2n) is 3.50. The summed E-state index contributed by atoms with van der Waals surface area (Å²) in [6.07, 6.45) is 12.2. The van der Waals surface area contributed by atoms with Crippen molar-refractivity contribution in [1.82, 2.24) is 5.32 Å². The van der Waals surface area contributed by atoms with Crippen LogP contribution >= 0.6 is 0 Å². The lowest BCUT2D eigenvalue weighted by Crippen LogP contribution is -2.27. The highest BCUT2D eigenvalue weighted by Crippen LogP contribution is 1.93. The Morgan fingerprint density at radius 2 is 1.94 bits per heavy atom. The van der Waals surface area contributed by atoms with Gasteiger partial charge in [-0.3, -0.25) is 0 Å². The molecular weight excluding hydrogens is 210 g/mol. The average molecular weight is 239 g/mol. The zero-order valence-corrected chi connectivity index (χ0v) is 11.7. The molecule has 0 aromatic carbocycles. The number of aliphatic hydroxyl groups excluding tert-OH is 1. The molecule has 0 aromatic rings. The summed E-state index contributed by atoms with van der Waals surface area (Å²) in [6, 6.07) is 0. The van der Waals surface area contributed by atoms with E-state index in [1.165, 1.54) is 12.8 Å². The van der Waals surface area contributed by atoms with Gasteiger partial charge in [0.2, 0.25) is 0 Å². The van der Waals surface area contributed by atoms with Crippen molar-refractivity contribution in [2.24, 2.45) is 0 Å². The van der Waals surface area contributed by atoms with Gasteiger partial charge in [0.05, 0.1) is 6.10 Å². The van der Waals surface area contributed by atoms with Crippen molar-refractivity contribution in [2.75, 3.05) is 13.1 Å². The minimum absolute atomic E-state index is 0.282. The Balaban J connectivity index is 0. The standard InChI is InChI=1S/C13H23NO.C2H6/c1-3-5-7-8-9-10-13(15)12-14-11-6-4-2;1-2/h3,5,7-9,13-15H,1,4,6,10-12H2,2H3;1-2H3/b7-5-,9-8-;. The summed E-state index contributed by atoms with van der Waals surface area (Å²) >= 11 is 0. The van der Waals surface area contributed by atoms with Gasteiger partial charge in [0, 0.05) is 6.54 Å². The van der Waals surface area contributed by atoms with Gasteiger partial charge in [-0.15, -0.1) is 0 Å². The van der Waals surface area contributed by atoms with Gasteiger partial charge in [-0.05, 0) is 19.4 Å². The number of aliphatic hydroxyl groups is 1. The van der Waals surface area contributed by atoms with Crippen molar-refractivity contribution in [3.05, 3.63) is 37.0 Å². The van der Waals surface area contributed by atoms with Gasteiger partial charge < -0.3 is 10.4 Å². The van der Waals surface area contributed by atoms with E-state index in [4.69, 9.17) is 0 Å². The molecule has 0 spiro atoms. The van der Waals surface area contributed by atoms with Gasteiger partial charge in [-0.2, -0.15) is 0 Å². The quantitative estimate of drug-likeness (QED) is 0.477. The van der Waals surface area contributed by atoms with Crippen LogP contribution in [-0.2, 0) is 0 Å². The molecule has 0 rings (SSSR count). The predicted molar refractivity (Wildman–Crippen MR) is 78.2 cm³/mol. The number of allylic oxidation sites excluding steroid dienone is 4. The molecule has 100 valence electrons. The lowest BCUT2D eigenvalue weighted by Gasteiger charge is -2.08. The summed E-state index contributed by atoms with van der Waals surface area (Å²) in [7, 11) is 0. The van der Waals surface area contributed by atoms with Crippen LogP contribution in [0, 0.1) is 0 Å². The molecule has 0 aliphatic carbocycles. The summed E-state index contributed by atoms with van der Waals surface area (Å²) in [5, 5.41) is 12.8. The summed E-state index contributed by atoms with van der Waals surface area (Å²) in [5.41, 5.74) is 0. The minimum atomic E-state index is -0.282. The first kappa shape index (κ1) is 18.5. The average Bonchev–Trinajstić information content (AvgIpc) is 2.37. The molecule has 1 atom stereocenters. The smallest absolute Gasteiger partial charge is 0.0699 e. The molecule has 0 amide bonds. The number of hydrogen-bond acceptors (Lipinski definition) is 2. The highest BCUT2D eigenvalue weighted by molar-refractivity contribution is 5.08. The van der Waals surface area contributed by atoms with Crippen molar-refractivity contribution in [2.45, 2.75) is 46.1 Å².